The molecule has 2 aromatic rings. The minimum Gasteiger partial charge on any atom is -0.368 e. The molecule has 1 unspecified atom stereocenters. The molecule has 0 N–H and O–H groups in total. The lowest BCUT2D eigenvalue weighted by Gasteiger charge is -2.39. The zero-order chi connectivity index (χ0) is 16.2. The van der Waals surface area contributed by atoms with E-state index in [2.05, 4.69) is 63.0 Å². The Morgan fingerprint density at radius 1 is 1.00 bits per heavy atom. The molecule has 1 atom stereocenters. The number of nitrogens with zero attached hydrogens (tertiary/aromatic N) is 3. The quantitative estimate of drug-likeness (QED) is 0.811. The topological polar surface area (TPSA) is 30.3 Å². The highest BCUT2D eigenvalue weighted by Gasteiger charge is 2.23. The Bertz CT molecular complexity index is 697. The molecule has 0 aliphatic carbocycles. The van der Waals surface area contributed by atoms with E-state index in [-0.39, 0.29) is 0 Å². The summed E-state index contributed by atoms with van der Waals surface area (Å²) in [5.41, 5.74) is 3.17. The molecule has 1 heterocycles. The van der Waals surface area contributed by atoms with Crippen LogP contribution >= 0.6 is 15.9 Å². The van der Waals surface area contributed by atoms with Crippen molar-refractivity contribution in [1.82, 2.24) is 4.90 Å². The van der Waals surface area contributed by atoms with E-state index in [1.807, 2.05) is 24.3 Å². The molecule has 1 aliphatic rings. The van der Waals surface area contributed by atoms with Crippen molar-refractivity contribution in [1.29, 1.82) is 5.26 Å². The van der Waals surface area contributed by atoms with Crippen molar-refractivity contribution in [2.75, 3.05) is 31.1 Å². The average Bonchev–Trinajstić information content (AvgIpc) is 2.62. The van der Waals surface area contributed by atoms with Gasteiger partial charge >= 0.3 is 0 Å². The van der Waals surface area contributed by atoms with Crippen molar-refractivity contribution in [3.63, 3.8) is 0 Å². The summed E-state index contributed by atoms with van der Waals surface area (Å²) in [6.07, 6.45) is 0. The summed E-state index contributed by atoms with van der Waals surface area (Å²) < 4.78 is 1.12. The van der Waals surface area contributed by atoms with E-state index in [0.29, 0.717) is 6.04 Å². The number of benzene rings is 2. The zero-order valence-corrected chi connectivity index (χ0v) is 14.8. The molecule has 0 saturated carbocycles. The Balaban J connectivity index is 1.66. The predicted molar refractivity (Wildman–Crippen MR) is 97.5 cm³/mol. The van der Waals surface area contributed by atoms with Gasteiger partial charge in [-0.15, -0.1) is 0 Å². The minimum atomic E-state index is 0.413. The maximum absolute atomic E-state index is 9.27. The van der Waals surface area contributed by atoms with Gasteiger partial charge in [0.15, 0.2) is 0 Å². The van der Waals surface area contributed by atoms with E-state index in [4.69, 9.17) is 0 Å². The first-order valence-corrected chi connectivity index (χ1v) is 8.72. The van der Waals surface area contributed by atoms with Crippen molar-refractivity contribution in [3.8, 4) is 6.07 Å². The molecule has 3 rings (SSSR count). The molecular formula is C19H20BrN3. The molecule has 2 aromatic carbocycles. The zero-order valence-electron chi connectivity index (χ0n) is 13.2. The number of hydrogen-bond donors (Lipinski definition) is 0. The van der Waals surface area contributed by atoms with E-state index < -0.39 is 0 Å². The molecule has 0 aromatic heterocycles. The van der Waals surface area contributed by atoms with Crippen LogP contribution in [0.25, 0.3) is 0 Å². The molecule has 23 heavy (non-hydrogen) atoms. The molecule has 1 saturated heterocycles. The summed E-state index contributed by atoms with van der Waals surface area (Å²) in [7, 11) is 0. The number of para-hydroxylation sites is 1. The van der Waals surface area contributed by atoms with Crippen LogP contribution in [0, 0.1) is 11.3 Å². The lowest BCUT2D eigenvalue weighted by molar-refractivity contribution is 0.198. The summed E-state index contributed by atoms with van der Waals surface area (Å²) in [5.74, 6) is 0. The number of nitriles is 1. The van der Waals surface area contributed by atoms with E-state index in [1.54, 1.807) is 0 Å². The van der Waals surface area contributed by atoms with Crippen LogP contribution in [-0.2, 0) is 0 Å². The largest absolute Gasteiger partial charge is 0.368 e. The third-order valence-corrected chi connectivity index (χ3v) is 5.11. The smallest absolute Gasteiger partial charge is 0.101 e. The van der Waals surface area contributed by atoms with Crippen LogP contribution in [-0.4, -0.2) is 31.1 Å². The maximum atomic E-state index is 9.27. The van der Waals surface area contributed by atoms with E-state index in [0.717, 1.165) is 41.9 Å². The summed E-state index contributed by atoms with van der Waals surface area (Å²) in [6.45, 7) is 6.20. The van der Waals surface area contributed by atoms with Crippen LogP contribution in [0.3, 0.4) is 0 Å². The van der Waals surface area contributed by atoms with Crippen LogP contribution < -0.4 is 4.90 Å². The second kappa shape index (κ2) is 7.16. The van der Waals surface area contributed by atoms with Gasteiger partial charge in [0.2, 0.25) is 0 Å². The predicted octanol–water partition coefficient (Wildman–Crippen LogP) is 4.20. The molecule has 0 amide bonds. The van der Waals surface area contributed by atoms with Crippen molar-refractivity contribution in [2.24, 2.45) is 0 Å². The second-order valence-corrected chi connectivity index (χ2v) is 6.80. The number of halogens is 1. The fourth-order valence-corrected chi connectivity index (χ4v) is 3.41. The molecule has 118 valence electrons. The first-order valence-electron chi connectivity index (χ1n) is 7.92. The van der Waals surface area contributed by atoms with Gasteiger partial charge in [-0.2, -0.15) is 5.26 Å². The monoisotopic (exact) mass is 369 g/mol. The molecule has 0 radical (unpaired) electrons. The van der Waals surface area contributed by atoms with Crippen LogP contribution in [0.4, 0.5) is 5.69 Å². The molecule has 4 heteroatoms. The molecule has 1 aliphatic heterocycles. The van der Waals surface area contributed by atoms with Crippen LogP contribution in [0.1, 0.15) is 24.1 Å². The van der Waals surface area contributed by atoms with Gasteiger partial charge in [-0.05, 0) is 36.8 Å². The van der Waals surface area contributed by atoms with Gasteiger partial charge in [-0.25, -0.2) is 0 Å². The van der Waals surface area contributed by atoms with E-state index >= 15 is 0 Å². The minimum absolute atomic E-state index is 0.413. The van der Waals surface area contributed by atoms with Gasteiger partial charge in [-0.1, -0.05) is 40.2 Å². The molecule has 3 nitrogen and oxygen atoms in total. The van der Waals surface area contributed by atoms with Gasteiger partial charge in [0.1, 0.15) is 6.07 Å². The van der Waals surface area contributed by atoms with Gasteiger partial charge in [-0.3, -0.25) is 4.90 Å². The first kappa shape index (κ1) is 16.0. The Kier molecular flexibility index (Phi) is 5.00. The van der Waals surface area contributed by atoms with Gasteiger partial charge in [0.05, 0.1) is 11.3 Å². The van der Waals surface area contributed by atoms with Gasteiger partial charge in [0, 0.05) is 36.7 Å². The molecule has 0 spiro atoms. The third-order valence-electron chi connectivity index (χ3n) is 4.58. The Morgan fingerprint density at radius 2 is 1.65 bits per heavy atom. The highest BCUT2D eigenvalue weighted by Crippen LogP contribution is 2.26. The Morgan fingerprint density at radius 3 is 2.30 bits per heavy atom. The first-order chi connectivity index (χ1) is 11.2. The maximum Gasteiger partial charge on any atom is 0.101 e. The van der Waals surface area contributed by atoms with Crippen molar-refractivity contribution in [2.45, 2.75) is 13.0 Å². The lowest BCUT2D eigenvalue weighted by Crippen LogP contribution is -2.47. The Labute approximate surface area is 146 Å². The normalized spacial score (nSPS) is 16.8. The molecule has 0 bridgehead atoms. The Hall–Kier alpha value is -1.83. The number of anilines is 1. The summed E-state index contributed by atoms with van der Waals surface area (Å²) in [6, 6.07) is 19.2. The fourth-order valence-electron chi connectivity index (χ4n) is 3.15. The second-order valence-electron chi connectivity index (χ2n) is 5.88. The highest BCUT2D eigenvalue weighted by molar-refractivity contribution is 9.10. The van der Waals surface area contributed by atoms with Crippen LogP contribution in [0.2, 0.25) is 0 Å². The lowest BCUT2D eigenvalue weighted by atomic mass is 10.1. The van der Waals surface area contributed by atoms with Gasteiger partial charge in [0.25, 0.3) is 0 Å². The van der Waals surface area contributed by atoms with Crippen LogP contribution in [0.15, 0.2) is 53.0 Å². The number of piperazine rings is 1. The van der Waals surface area contributed by atoms with E-state index in [9.17, 15) is 5.26 Å². The standard InChI is InChI=1S/C19H20BrN3/c1-15(16-6-8-18(20)9-7-16)22-10-12-23(13-11-22)19-5-3-2-4-17(19)14-21/h2-9,15H,10-13H2,1H3. The van der Waals surface area contributed by atoms with Crippen molar-refractivity contribution >= 4 is 21.6 Å². The SMILES string of the molecule is CC(c1ccc(Br)cc1)N1CCN(c2ccccc2C#N)CC1. The van der Waals surface area contributed by atoms with Crippen LogP contribution in [0.5, 0.6) is 0 Å². The van der Waals surface area contributed by atoms with Crippen molar-refractivity contribution in [3.05, 3.63) is 64.1 Å². The number of hydrogen-bond acceptors (Lipinski definition) is 3. The van der Waals surface area contributed by atoms with Crippen molar-refractivity contribution < 1.29 is 0 Å². The van der Waals surface area contributed by atoms with E-state index in [1.165, 1.54) is 5.56 Å². The van der Waals surface area contributed by atoms with Gasteiger partial charge < -0.3 is 4.90 Å². The summed E-state index contributed by atoms with van der Waals surface area (Å²) in [4.78, 5) is 4.83. The highest BCUT2D eigenvalue weighted by atomic mass is 79.9. The molecule has 1 fully saturated rings. The average molecular weight is 370 g/mol. The summed E-state index contributed by atoms with van der Waals surface area (Å²) >= 11 is 3.49. The third kappa shape index (κ3) is 3.57. The molecular weight excluding hydrogens is 350 g/mol. The summed E-state index contributed by atoms with van der Waals surface area (Å²) in [5, 5.41) is 9.27. The number of rotatable bonds is 3. The fraction of sp³-hybridized carbons (Fsp3) is 0.316.